The Morgan fingerprint density at radius 2 is 1.68 bits per heavy atom. The van der Waals surface area contributed by atoms with E-state index in [1.165, 1.54) is 0 Å². The Morgan fingerprint density at radius 1 is 1.04 bits per heavy atom. The highest BCUT2D eigenvalue weighted by molar-refractivity contribution is 5.88. The van der Waals surface area contributed by atoms with E-state index in [1.54, 1.807) is 0 Å². The zero-order valence-corrected chi connectivity index (χ0v) is 16.1. The highest BCUT2D eigenvalue weighted by atomic mass is 16.5. The first-order valence-electron chi connectivity index (χ1n) is 10.0. The summed E-state index contributed by atoms with van der Waals surface area (Å²) < 4.78 is 11.4. The Bertz CT molecular complexity index is 833. The molecule has 28 heavy (non-hydrogen) atoms. The molecule has 1 atom stereocenters. The van der Waals surface area contributed by atoms with Gasteiger partial charge in [0.2, 0.25) is 0 Å². The van der Waals surface area contributed by atoms with Crippen molar-refractivity contribution in [2.24, 2.45) is 0 Å². The molecule has 146 valence electrons. The van der Waals surface area contributed by atoms with Gasteiger partial charge in [-0.05, 0) is 37.8 Å². The van der Waals surface area contributed by atoms with Gasteiger partial charge in [0.05, 0.1) is 0 Å². The SMILES string of the molecule is CCC1CCCCN1C(=O)COC(=O)C1c2ccccc2Oc2ccccc21. The molecule has 2 aromatic rings. The fourth-order valence-corrected chi connectivity index (χ4v) is 4.22. The minimum absolute atomic E-state index is 0.103. The van der Waals surface area contributed by atoms with Crippen LogP contribution in [0.25, 0.3) is 0 Å². The van der Waals surface area contributed by atoms with E-state index in [2.05, 4.69) is 6.92 Å². The number of fused-ring (bicyclic) bond motifs is 2. The summed E-state index contributed by atoms with van der Waals surface area (Å²) in [5.41, 5.74) is 1.53. The monoisotopic (exact) mass is 379 g/mol. The van der Waals surface area contributed by atoms with Gasteiger partial charge in [-0.1, -0.05) is 43.3 Å². The third-order valence-electron chi connectivity index (χ3n) is 5.67. The molecule has 1 unspecified atom stereocenters. The van der Waals surface area contributed by atoms with Crippen molar-refractivity contribution in [3.8, 4) is 11.5 Å². The van der Waals surface area contributed by atoms with E-state index >= 15 is 0 Å². The van der Waals surface area contributed by atoms with Crippen LogP contribution in [-0.4, -0.2) is 36.0 Å². The average Bonchev–Trinajstić information content (AvgIpc) is 2.75. The first-order chi connectivity index (χ1) is 13.7. The summed E-state index contributed by atoms with van der Waals surface area (Å²) in [4.78, 5) is 27.6. The lowest BCUT2D eigenvalue weighted by Gasteiger charge is -2.35. The van der Waals surface area contributed by atoms with E-state index in [9.17, 15) is 9.59 Å². The molecule has 2 aromatic carbocycles. The molecule has 2 heterocycles. The highest BCUT2D eigenvalue weighted by Crippen LogP contribution is 2.44. The quantitative estimate of drug-likeness (QED) is 0.745. The number of benzene rings is 2. The third kappa shape index (κ3) is 3.49. The second-order valence-electron chi connectivity index (χ2n) is 7.36. The molecule has 4 rings (SSSR count). The number of amides is 1. The molecule has 0 N–H and O–H groups in total. The Hall–Kier alpha value is -2.82. The Balaban J connectivity index is 1.51. The topological polar surface area (TPSA) is 55.8 Å². The van der Waals surface area contributed by atoms with Gasteiger partial charge in [-0.3, -0.25) is 9.59 Å². The van der Waals surface area contributed by atoms with Crippen molar-refractivity contribution in [1.82, 2.24) is 4.90 Å². The number of carbonyl (C=O) groups excluding carboxylic acids is 2. The van der Waals surface area contributed by atoms with Crippen LogP contribution < -0.4 is 4.74 Å². The number of piperidine rings is 1. The second-order valence-corrected chi connectivity index (χ2v) is 7.36. The van der Waals surface area contributed by atoms with Gasteiger partial charge in [-0.15, -0.1) is 0 Å². The molecule has 2 aliphatic rings. The molecule has 1 amide bonds. The van der Waals surface area contributed by atoms with E-state index in [-0.39, 0.29) is 18.6 Å². The molecule has 2 aliphatic heterocycles. The second kappa shape index (κ2) is 8.05. The Labute approximate surface area is 165 Å². The minimum atomic E-state index is -0.586. The molecular weight excluding hydrogens is 354 g/mol. The summed E-state index contributed by atoms with van der Waals surface area (Å²) in [6, 6.07) is 15.2. The molecule has 0 aromatic heterocycles. The van der Waals surface area contributed by atoms with Crippen LogP contribution in [0.3, 0.4) is 0 Å². The molecular formula is C23H25NO4. The van der Waals surface area contributed by atoms with Gasteiger partial charge >= 0.3 is 5.97 Å². The van der Waals surface area contributed by atoms with Crippen LogP contribution in [0.15, 0.2) is 48.5 Å². The summed E-state index contributed by atoms with van der Waals surface area (Å²) >= 11 is 0. The lowest BCUT2D eigenvalue weighted by atomic mass is 9.88. The van der Waals surface area contributed by atoms with E-state index in [4.69, 9.17) is 9.47 Å². The average molecular weight is 379 g/mol. The number of para-hydroxylation sites is 2. The molecule has 0 aliphatic carbocycles. The standard InChI is InChI=1S/C23H25NO4/c1-2-16-9-7-8-14-24(16)21(25)15-27-23(26)22-17-10-3-5-12-19(17)28-20-13-6-4-11-18(20)22/h3-6,10-13,16,22H,2,7-9,14-15H2,1H3. The number of carbonyl (C=O) groups is 2. The van der Waals surface area contributed by atoms with Crippen LogP contribution in [0.4, 0.5) is 0 Å². The van der Waals surface area contributed by atoms with Crippen LogP contribution in [-0.2, 0) is 14.3 Å². The van der Waals surface area contributed by atoms with Crippen LogP contribution in [0, 0.1) is 0 Å². The maximum Gasteiger partial charge on any atom is 0.318 e. The van der Waals surface area contributed by atoms with Gasteiger partial charge in [0, 0.05) is 23.7 Å². The number of esters is 1. The van der Waals surface area contributed by atoms with Gasteiger partial charge in [-0.2, -0.15) is 0 Å². The van der Waals surface area contributed by atoms with Gasteiger partial charge in [0.25, 0.3) is 5.91 Å². The molecule has 5 heteroatoms. The maximum atomic E-state index is 13.0. The summed E-state index contributed by atoms with van der Waals surface area (Å²) in [6.45, 7) is 2.63. The van der Waals surface area contributed by atoms with Crippen molar-refractivity contribution in [2.75, 3.05) is 13.2 Å². The van der Waals surface area contributed by atoms with Crippen LogP contribution in [0.5, 0.6) is 11.5 Å². The van der Waals surface area contributed by atoms with Gasteiger partial charge in [0.1, 0.15) is 17.4 Å². The van der Waals surface area contributed by atoms with E-state index in [1.807, 2.05) is 53.4 Å². The Morgan fingerprint density at radius 3 is 2.32 bits per heavy atom. The first kappa shape index (κ1) is 18.5. The normalized spacial score (nSPS) is 18.6. The largest absolute Gasteiger partial charge is 0.457 e. The third-order valence-corrected chi connectivity index (χ3v) is 5.67. The van der Waals surface area contributed by atoms with Crippen LogP contribution >= 0.6 is 0 Å². The fraction of sp³-hybridized carbons (Fsp3) is 0.391. The van der Waals surface area contributed by atoms with Crippen molar-refractivity contribution in [3.63, 3.8) is 0 Å². The van der Waals surface area contributed by atoms with Crippen LogP contribution in [0.2, 0.25) is 0 Å². The maximum absolute atomic E-state index is 13.0. The van der Waals surface area contributed by atoms with E-state index < -0.39 is 11.9 Å². The lowest BCUT2D eigenvalue weighted by Crippen LogP contribution is -2.45. The molecule has 1 saturated heterocycles. The summed E-state index contributed by atoms with van der Waals surface area (Å²) in [7, 11) is 0. The molecule has 0 spiro atoms. The molecule has 0 bridgehead atoms. The number of hydrogen-bond acceptors (Lipinski definition) is 4. The summed E-state index contributed by atoms with van der Waals surface area (Å²) in [5, 5.41) is 0. The smallest absolute Gasteiger partial charge is 0.318 e. The van der Waals surface area contributed by atoms with Gasteiger partial charge in [-0.25, -0.2) is 0 Å². The number of nitrogens with zero attached hydrogens (tertiary/aromatic N) is 1. The van der Waals surface area contributed by atoms with Gasteiger partial charge in [0.15, 0.2) is 6.61 Å². The number of hydrogen-bond donors (Lipinski definition) is 0. The van der Waals surface area contributed by atoms with Crippen molar-refractivity contribution >= 4 is 11.9 Å². The number of rotatable bonds is 4. The zero-order chi connectivity index (χ0) is 19.5. The number of ether oxygens (including phenoxy) is 2. The molecule has 0 radical (unpaired) electrons. The minimum Gasteiger partial charge on any atom is -0.457 e. The van der Waals surface area contributed by atoms with Gasteiger partial charge < -0.3 is 14.4 Å². The lowest BCUT2D eigenvalue weighted by molar-refractivity contribution is -0.154. The highest BCUT2D eigenvalue weighted by Gasteiger charge is 2.34. The number of likely N-dealkylation sites (tertiary alicyclic amines) is 1. The van der Waals surface area contributed by atoms with Crippen molar-refractivity contribution in [2.45, 2.75) is 44.6 Å². The summed E-state index contributed by atoms with van der Waals surface area (Å²) in [6.07, 6.45) is 4.12. The molecule has 1 fully saturated rings. The molecule has 5 nitrogen and oxygen atoms in total. The van der Waals surface area contributed by atoms with Crippen molar-refractivity contribution in [1.29, 1.82) is 0 Å². The predicted molar refractivity (Wildman–Crippen MR) is 105 cm³/mol. The fourth-order valence-electron chi connectivity index (χ4n) is 4.22. The first-order valence-corrected chi connectivity index (χ1v) is 10.0. The molecule has 0 saturated carbocycles. The predicted octanol–water partition coefficient (Wildman–Crippen LogP) is 4.26. The summed E-state index contributed by atoms with van der Waals surface area (Å²) in [5.74, 6) is 0.195. The van der Waals surface area contributed by atoms with Crippen molar-refractivity contribution < 1.29 is 19.1 Å². The Kier molecular flexibility index (Phi) is 5.33. The van der Waals surface area contributed by atoms with E-state index in [0.29, 0.717) is 11.5 Å². The zero-order valence-electron chi connectivity index (χ0n) is 16.1. The van der Waals surface area contributed by atoms with Crippen LogP contribution in [0.1, 0.15) is 49.7 Å². The van der Waals surface area contributed by atoms with Crippen molar-refractivity contribution in [3.05, 3.63) is 59.7 Å². The van der Waals surface area contributed by atoms with E-state index in [0.717, 1.165) is 43.4 Å².